The van der Waals surface area contributed by atoms with E-state index < -0.39 is 6.10 Å². The van der Waals surface area contributed by atoms with E-state index >= 15 is 0 Å². The molecule has 0 saturated carbocycles. The molecule has 1 aromatic carbocycles. The first-order chi connectivity index (χ1) is 10.0. The lowest BCUT2D eigenvalue weighted by Crippen LogP contribution is -2.35. The van der Waals surface area contributed by atoms with Crippen molar-refractivity contribution in [2.24, 2.45) is 5.92 Å². The van der Waals surface area contributed by atoms with Gasteiger partial charge in [0.25, 0.3) is 0 Å². The van der Waals surface area contributed by atoms with Crippen molar-refractivity contribution in [3.63, 3.8) is 0 Å². The van der Waals surface area contributed by atoms with Crippen LogP contribution in [0.2, 0.25) is 0 Å². The fourth-order valence-electron chi connectivity index (χ4n) is 1.83. The van der Waals surface area contributed by atoms with E-state index in [0.717, 1.165) is 0 Å². The third-order valence-corrected chi connectivity index (χ3v) is 2.70. The van der Waals surface area contributed by atoms with Gasteiger partial charge in [0.05, 0.1) is 6.10 Å². The lowest BCUT2D eigenvalue weighted by molar-refractivity contribution is 0.148. The highest BCUT2D eigenvalue weighted by atomic mass is 16.5. The van der Waals surface area contributed by atoms with Gasteiger partial charge in [0.2, 0.25) is 0 Å². The standard InChI is InChI=1S/C16H24N2O3/c1-4-8-21-15-7-5-6-13(10-15)18-16(20)17-11-14(19)9-12(2)3/h4-7,10,12,14,19H,1,8-9,11H2,2-3H3,(H2,17,18,20). The van der Waals surface area contributed by atoms with Gasteiger partial charge in [-0.15, -0.1) is 0 Å². The molecule has 116 valence electrons. The number of amides is 2. The van der Waals surface area contributed by atoms with Crippen LogP contribution in [0.1, 0.15) is 20.3 Å². The molecule has 0 spiro atoms. The van der Waals surface area contributed by atoms with E-state index in [2.05, 4.69) is 17.2 Å². The molecule has 0 bridgehead atoms. The molecule has 2 amide bonds. The Bertz CT molecular complexity index is 461. The van der Waals surface area contributed by atoms with Gasteiger partial charge in [0.1, 0.15) is 12.4 Å². The van der Waals surface area contributed by atoms with E-state index in [0.29, 0.717) is 30.4 Å². The minimum Gasteiger partial charge on any atom is -0.489 e. The summed E-state index contributed by atoms with van der Waals surface area (Å²) in [4.78, 5) is 11.7. The lowest BCUT2D eigenvalue weighted by atomic mass is 10.1. The van der Waals surface area contributed by atoms with E-state index in [1.165, 1.54) is 0 Å². The molecular formula is C16H24N2O3. The molecule has 0 aromatic heterocycles. The Morgan fingerprint density at radius 1 is 1.48 bits per heavy atom. The van der Waals surface area contributed by atoms with Crippen molar-refractivity contribution in [3.8, 4) is 5.75 Å². The number of hydrogen-bond acceptors (Lipinski definition) is 3. The maximum Gasteiger partial charge on any atom is 0.319 e. The minimum atomic E-state index is -0.530. The van der Waals surface area contributed by atoms with Gasteiger partial charge in [0.15, 0.2) is 0 Å². The number of aliphatic hydroxyl groups excluding tert-OH is 1. The first kappa shape index (κ1) is 17.0. The average molecular weight is 292 g/mol. The van der Waals surface area contributed by atoms with E-state index in [1.807, 2.05) is 13.8 Å². The smallest absolute Gasteiger partial charge is 0.319 e. The predicted octanol–water partition coefficient (Wildman–Crippen LogP) is 2.78. The molecule has 21 heavy (non-hydrogen) atoms. The van der Waals surface area contributed by atoms with Crippen molar-refractivity contribution >= 4 is 11.7 Å². The molecular weight excluding hydrogens is 268 g/mol. The molecule has 0 aliphatic heterocycles. The van der Waals surface area contributed by atoms with Gasteiger partial charge < -0.3 is 20.5 Å². The van der Waals surface area contributed by atoms with Gasteiger partial charge in [-0.2, -0.15) is 0 Å². The SMILES string of the molecule is C=CCOc1cccc(NC(=O)NCC(O)CC(C)C)c1. The maximum absolute atomic E-state index is 11.7. The van der Waals surface area contributed by atoms with Gasteiger partial charge >= 0.3 is 6.03 Å². The van der Waals surface area contributed by atoms with E-state index in [1.54, 1.807) is 30.3 Å². The topological polar surface area (TPSA) is 70.6 Å². The second kappa shape index (κ2) is 9.02. The molecule has 1 unspecified atom stereocenters. The largest absolute Gasteiger partial charge is 0.489 e. The number of nitrogens with one attached hydrogen (secondary N) is 2. The van der Waals surface area contributed by atoms with Crippen LogP contribution >= 0.6 is 0 Å². The van der Waals surface area contributed by atoms with Crippen LogP contribution in [-0.2, 0) is 0 Å². The van der Waals surface area contributed by atoms with E-state index in [-0.39, 0.29) is 12.6 Å². The summed E-state index contributed by atoms with van der Waals surface area (Å²) in [5.41, 5.74) is 0.632. The minimum absolute atomic E-state index is 0.233. The molecule has 5 nitrogen and oxygen atoms in total. The normalized spacial score (nSPS) is 11.8. The number of anilines is 1. The Morgan fingerprint density at radius 2 is 2.24 bits per heavy atom. The highest BCUT2D eigenvalue weighted by molar-refractivity contribution is 5.89. The quantitative estimate of drug-likeness (QED) is 0.645. The van der Waals surface area contributed by atoms with Gasteiger partial charge in [0, 0.05) is 18.3 Å². The van der Waals surface area contributed by atoms with Crippen molar-refractivity contribution in [2.75, 3.05) is 18.5 Å². The summed E-state index contributed by atoms with van der Waals surface area (Å²) >= 11 is 0. The molecule has 1 rings (SSSR count). The highest BCUT2D eigenvalue weighted by Crippen LogP contribution is 2.17. The zero-order valence-electron chi connectivity index (χ0n) is 12.6. The summed E-state index contributed by atoms with van der Waals surface area (Å²) in [6, 6.07) is 6.75. The molecule has 0 saturated heterocycles. The maximum atomic E-state index is 11.7. The average Bonchev–Trinajstić information content (AvgIpc) is 2.42. The van der Waals surface area contributed by atoms with E-state index in [4.69, 9.17) is 4.74 Å². The molecule has 0 fully saturated rings. The number of carbonyl (C=O) groups excluding carboxylic acids is 1. The van der Waals surface area contributed by atoms with Crippen molar-refractivity contribution in [3.05, 3.63) is 36.9 Å². The van der Waals surface area contributed by atoms with Crippen LogP contribution in [0.15, 0.2) is 36.9 Å². The summed E-state index contributed by atoms with van der Waals surface area (Å²) in [5.74, 6) is 1.05. The fourth-order valence-corrected chi connectivity index (χ4v) is 1.83. The molecule has 0 radical (unpaired) electrons. The van der Waals surface area contributed by atoms with Crippen LogP contribution in [0.25, 0.3) is 0 Å². The number of carbonyl (C=O) groups is 1. The van der Waals surface area contributed by atoms with Crippen molar-refractivity contribution in [1.82, 2.24) is 5.32 Å². The summed E-state index contributed by atoms with van der Waals surface area (Å²) in [6.45, 7) is 8.28. The predicted molar refractivity (Wildman–Crippen MR) is 84.6 cm³/mol. The van der Waals surface area contributed by atoms with Crippen molar-refractivity contribution in [1.29, 1.82) is 0 Å². The highest BCUT2D eigenvalue weighted by Gasteiger charge is 2.09. The molecule has 3 N–H and O–H groups in total. The van der Waals surface area contributed by atoms with Crippen LogP contribution in [0, 0.1) is 5.92 Å². The second-order valence-electron chi connectivity index (χ2n) is 5.25. The Balaban J connectivity index is 2.41. The monoisotopic (exact) mass is 292 g/mol. The second-order valence-corrected chi connectivity index (χ2v) is 5.25. The van der Waals surface area contributed by atoms with Gasteiger partial charge in [-0.25, -0.2) is 4.79 Å². The number of rotatable bonds is 8. The lowest BCUT2D eigenvalue weighted by Gasteiger charge is -2.14. The van der Waals surface area contributed by atoms with Crippen LogP contribution in [0.4, 0.5) is 10.5 Å². The van der Waals surface area contributed by atoms with Gasteiger partial charge in [-0.1, -0.05) is 32.6 Å². The Hall–Kier alpha value is -2.01. The Labute approximate surface area is 126 Å². The number of ether oxygens (including phenoxy) is 1. The molecule has 1 atom stereocenters. The molecule has 1 aromatic rings. The molecule has 0 heterocycles. The van der Waals surface area contributed by atoms with Crippen LogP contribution < -0.4 is 15.4 Å². The summed E-state index contributed by atoms with van der Waals surface area (Å²) in [5, 5.41) is 15.0. The number of urea groups is 1. The van der Waals surface area contributed by atoms with Crippen molar-refractivity contribution in [2.45, 2.75) is 26.4 Å². The third-order valence-electron chi connectivity index (χ3n) is 2.70. The number of aliphatic hydroxyl groups is 1. The van der Waals surface area contributed by atoms with Crippen LogP contribution in [0.5, 0.6) is 5.75 Å². The third kappa shape index (κ3) is 7.37. The van der Waals surface area contributed by atoms with Crippen molar-refractivity contribution < 1.29 is 14.6 Å². The fraction of sp³-hybridized carbons (Fsp3) is 0.438. The summed E-state index contributed by atoms with van der Waals surface area (Å²) in [6.07, 6.45) is 1.78. The number of benzene rings is 1. The summed E-state index contributed by atoms with van der Waals surface area (Å²) in [7, 11) is 0. The Morgan fingerprint density at radius 3 is 2.90 bits per heavy atom. The van der Waals surface area contributed by atoms with E-state index in [9.17, 15) is 9.90 Å². The van der Waals surface area contributed by atoms with Gasteiger partial charge in [-0.3, -0.25) is 0 Å². The van der Waals surface area contributed by atoms with Crippen LogP contribution in [0.3, 0.4) is 0 Å². The zero-order valence-corrected chi connectivity index (χ0v) is 12.6. The summed E-state index contributed by atoms with van der Waals surface area (Å²) < 4.78 is 5.39. The molecule has 0 aliphatic rings. The van der Waals surface area contributed by atoms with Gasteiger partial charge in [-0.05, 0) is 24.5 Å². The molecule has 5 heteroatoms. The first-order valence-electron chi connectivity index (χ1n) is 7.08. The Kier molecular flexibility index (Phi) is 7.32. The zero-order chi connectivity index (χ0) is 15.7. The molecule has 0 aliphatic carbocycles. The first-order valence-corrected chi connectivity index (χ1v) is 7.08. The number of hydrogen-bond donors (Lipinski definition) is 3. The van der Waals surface area contributed by atoms with Crippen LogP contribution in [-0.4, -0.2) is 30.4 Å².